The van der Waals surface area contributed by atoms with Crippen LogP contribution in [0.4, 0.5) is 11.5 Å². The van der Waals surface area contributed by atoms with Crippen LogP contribution in [0.2, 0.25) is 0 Å². The predicted molar refractivity (Wildman–Crippen MR) is 62.3 cm³/mol. The van der Waals surface area contributed by atoms with Crippen LogP contribution in [0.5, 0.6) is 0 Å². The average molecular weight is 212 g/mol. The lowest BCUT2D eigenvalue weighted by Crippen LogP contribution is -1.99. The topological polar surface area (TPSA) is 49.8 Å². The third-order valence-electron chi connectivity index (χ3n) is 2.68. The molecule has 4 nitrogen and oxygen atoms in total. The third kappa shape index (κ3) is 1.75. The molecule has 1 aliphatic heterocycles. The molecule has 0 bridgehead atoms. The van der Waals surface area contributed by atoms with Crippen LogP contribution in [0.15, 0.2) is 36.5 Å². The second-order valence-electron chi connectivity index (χ2n) is 3.82. The van der Waals surface area contributed by atoms with E-state index < -0.39 is 0 Å². The van der Waals surface area contributed by atoms with Crippen molar-refractivity contribution in [2.75, 3.05) is 5.32 Å². The molecule has 0 saturated heterocycles. The Morgan fingerprint density at radius 3 is 2.94 bits per heavy atom. The highest BCUT2D eigenvalue weighted by Crippen LogP contribution is 2.21. The summed E-state index contributed by atoms with van der Waals surface area (Å²) in [6.45, 7) is 1.92. The van der Waals surface area contributed by atoms with Gasteiger partial charge in [0.1, 0.15) is 0 Å². The maximum atomic E-state index is 3.99. The molecule has 4 heteroatoms. The number of benzene rings is 1. The van der Waals surface area contributed by atoms with Gasteiger partial charge in [-0.05, 0) is 35.4 Å². The minimum Gasteiger partial charge on any atom is -0.339 e. The molecule has 1 aromatic heterocycles. The summed E-state index contributed by atoms with van der Waals surface area (Å²) in [5.74, 6) is 0.772. The number of nitrogens with one attached hydrogen (secondary N) is 2. The first-order valence-corrected chi connectivity index (χ1v) is 5.29. The van der Waals surface area contributed by atoms with Crippen LogP contribution in [0.25, 0.3) is 0 Å². The molecule has 0 saturated carbocycles. The largest absolute Gasteiger partial charge is 0.339 e. The lowest BCUT2D eigenvalue weighted by molar-refractivity contribution is 0.765. The molecule has 2 aromatic rings. The third-order valence-corrected chi connectivity index (χ3v) is 2.68. The van der Waals surface area contributed by atoms with E-state index in [1.165, 1.54) is 11.1 Å². The Labute approximate surface area is 93.7 Å². The molecule has 0 fully saturated rings. The van der Waals surface area contributed by atoms with Gasteiger partial charge in [-0.1, -0.05) is 6.07 Å². The van der Waals surface area contributed by atoms with Gasteiger partial charge in [0.2, 0.25) is 0 Å². The Morgan fingerprint density at radius 2 is 2.06 bits per heavy atom. The number of aromatic nitrogens is 2. The molecule has 0 atom stereocenters. The smallest absolute Gasteiger partial charge is 0.153 e. The minimum atomic E-state index is 0.772. The van der Waals surface area contributed by atoms with E-state index in [-0.39, 0.29) is 0 Å². The van der Waals surface area contributed by atoms with Gasteiger partial charge in [-0.3, -0.25) is 0 Å². The molecule has 0 aliphatic carbocycles. The molecule has 2 heterocycles. The Balaban J connectivity index is 1.86. The van der Waals surface area contributed by atoms with E-state index in [0.717, 1.165) is 24.6 Å². The molecule has 0 unspecified atom stereocenters. The first-order valence-electron chi connectivity index (χ1n) is 5.29. The van der Waals surface area contributed by atoms with Crippen LogP contribution in [-0.4, -0.2) is 10.2 Å². The number of hydrogen-bond donors (Lipinski definition) is 2. The van der Waals surface area contributed by atoms with Crippen molar-refractivity contribution in [3.63, 3.8) is 0 Å². The second kappa shape index (κ2) is 3.90. The monoisotopic (exact) mass is 212 g/mol. The van der Waals surface area contributed by atoms with Gasteiger partial charge in [-0.15, -0.1) is 5.10 Å². The van der Waals surface area contributed by atoms with Crippen LogP contribution < -0.4 is 10.6 Å². The Kier molecular flexibility index (Phi) is 2.27. The molecule has 1 aliphatic rings. The van der Waals surface area contributed by atoms with Gasteiger partial charge >= 0.3 is 0 Å². The molecule has 0 spiro atoms. The number of nitrogens with zero attached hydrogens (tertiary/aromatic N) is 2. The maximum Gasteiger partial charge on any atom is 0.153 e. The Hall–Kier alpha value is -1.94. The van der Waals surface area contributed by atoms with Gasteiger partial charge in [0.25, 0.3) is 0 Å². The molecule has 0 amide bonds. The fraction of sp³-hybridized carbons (Fsp3) is 0.167. The SMILES string of the molecule is c1cnnc(Nc2ccc3c(c2)CNC3)c1. The number of anilines is 2. The zero-order valence-electron chi connectivity index (χ0n) is 8.77. The van der Waals surface area contributed by atoms with Gasteiger partial charge in [0.15, 0.2) is 5.82 Å². The van der Waals surface area contributed by atoms with Gasteiger partial charge in [0.05, 0.1) is 0 Å². The molecule has 2 N–H and O–H groups in total. The molecular formula is C12H12N4. The van der Waals surface area contributed by atoms with Crippen molar-refractivity contribution in [2.24, 2.45) is 0 Å². The molecule has 80 valence electrons. The van der Waals surface area contributed by atoms with E-state index >= 15 is 0 Å². The normalized spacial score (nSPS) is 13.5. The number of rotatable bonds is 2. The Bertz CT molecular complexity index is 496. The summed E-state index contributed by atoms with van der Waals surface area (Å²) in [5, 5.41) is 14.4. The quantitative estimate of drug-likeness (QED) is 0.797. The molecule has 16 heavy (non-hydrogen) atoms. The van der Waals surface area contributed by atoms with Crippen molar-refractivity contribution in [3.8, 4) is 0 Å². The van der Waals surface area contributed by atoms with E-state index in [9.17, 15) is 0 Å². The second-order valence-corrected chi connectivity index (χ2v) is 3.82. The van der Waals surface area contributed by atoms with E-state index in [4.69, 9.17) is 0 Å². The zero-order valence-corrected chi connectivity index (χ0v) is 8.77. The number of fused-ring (bicyclic) bond motifs is 1. The van der Waals surface area contributed by atoms with Crippen molar-refractivity contribution in [1.29, 1.82) is 0 Å². The van der Waals surface area contributed by atoms with Crippen molar-refractivity contribution in [3.05, 3.63) is 47.7 Å². The van der Waals surface area contributed by atoms with Crippen molar-refractivity contribution < 1.29 is 0 Å². The highest BCUT2D eigenvalue weighted by molar-refractivity contribution is 5.58. The van der Waals surface area contributed by atoms with Crippen molar-refractivity contribution in [2.45, 2.75) is 13.1 Å². The first kappa shape index (κ1) is 9.30. The highest BCUT2D eigenvalue weighted by Gasteiger charge is 2.09. The standard InChI is InChI=1S/C12H12N4/c1-2-12(16-14-5-1)15-11-4-3-9-7-13-8-10(9)6-11/h1-6,13H,7-8H2,(H,15,16). The van der Waals surface area contributed by atoms with E-state index in [2.05, 4.69) is 39.0 Å². The Morgan fingerprint density at radius 1 is 1.12 bits per heavy atom. The van der Waals surface area contributed by atoms with E-state index in [1.807, 2.05) is 12.1 Å². The molecular weight excluding hydrogens is 200 g/mol. The zero-order chi connectivity index (χ0) is 10.8. The fourth-order valence-electron chi connectivity index (χ4n) is 1.89. The molecule has 1 aromatic carbocycles. The van der Waals surface area contributed by atoms with Crippen LogP contribution in [-0.2, 0) is 13.1 Å². The fourth-order valence-corrected chi connectivity index (χ4v) is 1.89. The lowest BCUT2D eigenvalue weighted by atomic mass is 10.1. The van der Waals surface area contributed by atoms with Crippen LogP contribution in [0.3, 0.4) is 0 Å². The maximum absolute atomic E-state index is 3.99. The van der Waals surface area contributed by atoms with E-state index in [0.29, 0.717) is 0 Å². The first-order chi connectivity index (χ1) is 7.92. The summed E-state index contributed by atoms with van der Waals surface area (Å²) in [7, 11) is 0. The van der Waals surface area contributed by atoms with Crippen molar-refractivity contribution >= 4 is 11.5 Å². The van der Waals surface area contributed by atoms with Gasteiger partial charge in [0, 0.05) is 25.0 Å². The lowest BCUT2D eigenvalue weighted by Gasteiger charge is -2.06. The summed E-state index contributed by atoms with van der Waals surface area (Å²) in [5.41, 5.74) is 3.79. The van der Waals surface area contributed by atoms with Gasteiger partial charge in [-0.2, -0.15) is 5.10 Å². The van der Waals surface area contributed by atoms with Gasteiger partial charge in [-0.25, -0.2) is 0 Å². The summed E-state index contributed by atoms with van der Waals surface area (Å²) in [6, 6.07) is 10.1. The molecule has 0 radical (unpaired) electrons. The van der Waals surface area contributed by atoms with Crippen LogP contribution in [0, 0.1) is 0 Å². The van der Waals surface area contributed by atoms with Crippen molar-refractivity contribution in [1.82, 2.24) is 15.5 Å². The summed E-state index contributed by atoms with van der Waals surface area (Å²) in [4.78, 5) is 0. The predicted octanol–water partition coefficient (Wildman–Crippen LogP) is 1.82. The van der Waals surface area contributed by atoms with Crippen LogP contribution in [0.1, 0.15) is 11.1 Å². The summed E-state index contributed by atoms with van der Waals surface area (Å²) >= 11 is 0. The number of hydrogen-bond acceptors (Lipinski definition) is 4. The average Bonchev–Trinajstić information content (AvgIpc) is 2.77. The summed E-state index contributed by atoms with van der Waals surface area (Å²) in [6.07, 6.45) is 1.66. The molecule has 3 rings (SSSR count). The minimum absolute atomic E-state index is 0.772. The summed E-state index contributed by atoms with van der Waals surface area (Å²) < 4.78 is 0. The highest BCUT2D eigenvalue weighted by atomic mass is 15.2. The van der Waals surface area contributed by atoms with E-state index in [1.54, 1.807) is 6.20 Å². The van der Waals surface area contributed by atoms with Gasteiger partial charge < -0.3 is 10.6 Å². The van der Waals surface area contributed by atoms with Crippen LogP contribution >= 0.6 is 0 Å².